The lowest BCUT2D eigenvalue weighted by Crippen LogP contribution is -2.19. The number of fused-ring (bicyclic) bond motifs is 1. The molecule has 0 aromatic carbocycles. The van der Waals surface area contributed by atoms with Gasteiger partial charge < -0.3 is 15.5 Å². The van der Waals surface area contributed by atoms with E-state index in [0.29, 0.717) is 29.6 Å². The van der Waals surface area contributed by atoms with Crippen LogP contribution in [0.4, 0.5) is 5.95 Å². The molecule has 6 nitrogen and oxygen atoms in total. The molecule has 0 saturated heterocycles. The number of nitrogens with one attached hydrogen (secondary N) is 1. The molecule has 1 aliphatic carbocycles. The maximum Gasteiger partial charge on any atom is 0.245 e. The molecule has 2 heterocycles. The minimum Gasteiger partial charge on any atom is -0.476 e. The average Bonchev–Trinajstić information content (AvgIpc) is 2.62. The van der Waals surface area contributed by atoms with Gasteiger partial charge in [-0.05, 0) is 18.8 Å². The fraction of sp³-hybridized carbons (Fsp3) is 0.500. The van der Waals surface area contributed by atoms with Gasteiger partial charge in [-0.2, -0.15) is 9.97 Å². The first-order chi connectivity index (χ1) is 7.83. The molecule has 3 rings (SSSR count). The van der Waals surface area contributed by atoms with Crippen molar-refractivity contribution in [3.05, 3.63) is 6.33 Å². The molecule has 3 N–H and O–H groups in total. The van der Waals surface area contributed by atoms with E-state index in [1.54, 1.807) is 6.33 Å². The van der Waals surface area contributed by atoms with Crippen molar-refractivity contribution >= 4 is 17.1 Å². The van der Waals surface area contributed by atoms with E-state index < -0.39 is 0 Å². The summed E-state index contributed by atoms with van der Waals surface area (Å²) in [7, 11) is 0. The van der Waals surface area contributed by atoms with E-state index >= 15 is 0 Å². The Morgan fingerprint density at radius 1 is 1.44 bits per heavy atom. The SMILES string of the molecule is Nc1nc(OCC2CCC2)c2[nH]cnc2n1. The van der Waals surface area contributed by atoms with Gasteiger partial charge in [-0.25, -0.2) is 4.98 Å². The van der Waals surface area contributed by atoms with Crippen molar-refractivity contribution in [2.24, 2.45) is 5.92 Å². The van der Waals surface area contributed by atoms with Crippen molar-refractivity contribution in [2.75, 3.05) is 12.3 Å². The van der Waals surface area contributed by atoms with E-state index in [4.69, 9.17) is 10.5 Å². The Labute approximate surface area is 92.3 Å². The third kappa shape index (κ3) is 1.56. The largest absolute Gasteiger partial charge is 0.476 e. The van der Waals surface area contributed by atoms with Crippen molar-refractivity contribution in [2.45, 2.75) is 19.3 Å². The Bertz CT molecular complexity index is 505. The van der Waals surface area contributed by atoms with Crippen LogP contribution >= 0.6 is 0 Å². The van der Waals surface area contributed by atoms with Crippen LogP contribution in [0, 0.1) is 5.92 Å². The zero-order valence-electron chi connectivity index (χ0n) is 8.81. The molecule has 2 aromatic heterocycles. The molecule has 0 aliphatic heterocycles. The van der Waals surface area contributed by atoms with Crippen molar-refractivity contribution < 1.29 is 4.74 Å². The number of nitrogen functional groups attached to an aromatic ring is 1. The topological polar surface area (TPSA) is 89.7 Å². The quantitative estimate of drug-likeness (QED) is 0.807. The van der Waals surface area contributed by atoms with E-state index in [0.717, 1.165) is 0 Å². The summed E-state index contributed by atoms with van der Waals surface area (Å²) in [5.41, 5.74) is 6.85. The number of H-pyrrole nitrogens is 1. The number of ether oxygens (including phenoxy) is 1. The predicted molar refractivity (Wildman–Crippen MR) is 58.9 cm³/mol. The zero-order valence-corrected chi connectivity index (χ0v) is 8.81. The second-order valence-electron chi connectivity index (χ2n) is 4.10. The van der Waals surface area contributed by atoms with Gasteiger partial charge in [0.05, 0.1) is 12.9 Å². The molecular weight excluding hydrogens is 206 g/mol. The first-order valence-electron chi connectivity index (χ1n) is 5.42. The fourth-order valence-corrected chi connectivity index (χ4v) is 1.78. The van der Waals surface area contributed by atoms with Crippen LogP contribution in [-0.2, 0) is 0 Å². The summed E-state index contributed by atoms with van der Waals surface area (Å²) in [5.74, 6) is 1.37. The first kappa shape index (κ1) is 9.38. The molecule has 0 amide bonds. The number of anilines is 1. The van der Waals surface area contributed by atoms with Crippen molar-refractivity contribution in [1.29, 1.82) is 0 Å². The van der Waals surface area contributed by atoms with Crippen LogP contribution in [0.3, 0.4) is 0 Å². The number of aromatic amines is 1. The van der Waals surface area contributed by atoms with Crippen LogP contribution in [-0.4, -0.2) is 26.5 Å². The highest BCUT2D eigenvalue weighted by atomic mass is 16.5. The molecule has 0 spiro atoms. The van der Waals surface area contributed by atoms with Crippen LogP contribution in [0.2, 0.25) is 0 Å². The number of nitrogens with zero attached hydrogens (tertiary/aromatic N) is 3. The van der Waals surface area contributed by atoms with Gasteiger partial charge in [-0.3, -0.25) is 0 Å². The van der Waals surface area contributed by atoms with Crippen LogP contribution in [0.15, 0.2) is 6.33 Å². The lowest BCUT2D eigenvalue weighted by Gasteiger charge is -2.24. The summed E-state index contributed by atoms with van der Waals surface area (Å²) in [6.45, 7) is 0.699. The third-order valence-electron chi connectivity index (χ3n) is 2.95. The van der Waals surface area contributed by atoms with Crippen molar-refractivity contribution in [3.8, 4) is 5.88 Å². The lowest BCUT2D eigenvalue weighted by atomic mass is 9.86. The number of aromatic nitrogens is 4. The standard InChI is InChI=1S/C10H13N5O/c11-10-14-8-7(12-5-13-8)9(15-10)16-4-6-2-1-3-6/h5-6H,1-4H2,(H3,11,12,13,14,15). The summed E-state index contributed by atoms with van der Waals surface area (Å²) in [6, 6.07) is 0. The van der Waals surface area contributed by atoms with Crippen molar-refractivity contribution in [1.82, 2.24) is 19.9 Å². The number of hydrogen-bond acceptors (Lipinski definition) is 5. The Kier molecular flexibility index (Phi) is 2.12. The molecule has 84 valence electrons. The Morgan fingerprint density at radius 3 is 3.06 bits per heavy atom. The van der Waals surface area contributed by atoms with Gasteiger partial charge >= 0.3 is 0 Å². The second-order valence-corrected chi connectivity index (χ2v) is 4.10. The zero-order chi connectivity index (χ0) is 11.0. The normalized spacial score (nSPS) is 16.2. The second kappa shape index (κ2) is 3.62. The molecule has 16 heavy (non-hydrogen) atoms. The van der Waals surface area contributed by atoms with E-state index in [2.05, 4.69) is 19.9 Å². The maximum absolute atomic E-state index is 5.66. The number of hydrogen-bond donors (Lipinski definition) is 2. The molecule has 6 heteroatoms. The van der Waals surface area contributed by atoms with Gasteiger partial charge in [-0.1, -0.05) is 6.42 Å². The molecule has 0 unspecified atom stereocenters. The highest BCUT2D eigenvalue weighted by Crippen LogP contribution is 2.28. The van der Waals surface area contributed by atoms with E-state index in [1.165, 1.54) is 19.3 Å². The monoisotopic (exact) mass is 219 g/mol. The summed E-state index contributed by atoms with van der Waals surface area (Å²) in [6.07, 6.45) is 5.35. The number of rotatable bonds is 3. The summed E-state index contributed by atoms with van der Waals surface area (Å²) < 4.78 is 5.66. The highest BCUT2D eigenvalue weighted by Gasteiger charge is 2.19. The van der Waals surface area contributed by atoms with Crippen LogP contribution in [0.5, 0.6) is 5.88 Å². The van der Waals surface area contributed by atoms with Gasteiger partial charge in [-0.15, -0.1) is 0 Å². The van der Waals surface area contributed by atoms with Gasteiger partial charge in [0.25, 0.3) is 0 Å². The van der Waals surface area contributed by atoms with Gasteiger partial charge in [0, 0.05) is 0 Å². The Morgan fingerprint density at radius 2 is 2.31 bits per heavy atom. The predicted octanol–water partition coefficient (Wildman–Crippen LogP) is 1.11. The summed E-state index contributed by atoms with van der Waals surface area (Å²) in [4.78, 5) is 15.1. The van der Waals surface area contributed by atoms with E-state index in [1.807, 2.05) is 0 Å². The van der Waals surface area contributed by atoms with Crippen LogP contribution in [0.1, 0.15) is 19.3 Å². The average molecular weight is 219 g/mol. The molecule has 1 saturated carbocycles. The first-order valence-corrected chi connectivity index (χ1v) is 5.42. The van der Waals surface area contributed by atoms with E-state index in [-0.39, 0.29) is 5.95 Å². The Hall–Kier alpha value is -1.85. The van der Waals surface area contributed by atoms with Crippen LogP contribution < -0.4 is 10.5 Å². The molecule has 0 atom stereocenters. The molecule has 0 bridgehead atoms. The fourth-order valence-electron chi connectivity index (χ4n) is 1.78. The molecule has 1 aliphatic rings. The van der Waals surface area contributed by atoms with Gasteiger partial charge in [0.15, 0.2) is 5.65 Å². The summed E-state index contributed by atoms with van der Waals surface area (Å²) >= 11 is 0. The number of imidazole rings is 1. The smallest absolute Gasteiger partial charge is 0.245 e. The van der Waals surface area contributed by atoms with Crippen LogP contribution in [0.25, 0.3) is 11.2 Å². The minimum absolute atomic E-state index is 0.197. The Balaban J connectivity index is 1.85. The van der Waals surface area contributed by atoms with Crippen molar-refractivity contribution in [3.63, 3.8) is 0 Å². The number of nitrogens with two attached hydrogens (primary N) is 1. The summed E-state index contributed by atoms with van der Waals surface area (Å²) in [5, 5.41) is 0. The van der Waals surface area contributed by atoms with Gasteiger partial charge in [0.1, 0.15) is 5.52 Å². The van der Waals surface area contributed by atoms with E-state index in [9.17, 15) is 0 Å². The maximum atomic E-state index is 5.66. The molecule has 1 fully saturated rings. The third-order valence-corrected chi connectivity index (χ3v) is 2.95. The van der Waals surface area contributed by atoms with Gasteiger partial charge in [0.2, 0.25) is 11.8 Å². The highest BCUT2D eigenvalue weighted by molar-refractivity contribution is 5.76. The molecule has 0 radical (unpaired) electrons. The molecule has 2 aromatic rings. The molecular formula is C10H13N5O. The minimum atomic E-state index is 0.197. The lowest BCUT2D eigenvalue weighted by molar-refractivity contribution is 0.177.